The van der Waals surface area contributed by atoms with E-state index >= 15 is 0 Å². The molecule has 0 aromatic heterocycles. The van der Waals surface area contributed by atoms with Gasteiger partial charge >= 0.3 is 5.97 Å². The Morgan fingerprint density at radius 1 is 1.07 bits per heavy atom. The molecule has 150 valence electrons. The van der Waals surface area contributed by atoms with Crippen LogP contribution in [-0.4, -0.2) is 11.1 Å². The van der Waals surface area contributed by atoms with E-state index in [1.165, 1.54) is 24.3 Å². The first-order valence-electron chi connectivity index (χ1n) is 8.69. The van der Waals surface area contributed by atoms with Crippen molar-refractivity contribution < 1.29 is 19.0 Å². The molecule has 0 aliphatic rings. The van der Waals surface area contributed by atoms with Gasteiger partial charge in [0.2, 0.25) is 0 Å². The van der Waals surface area contributed by atoms with Crippen molar-refractivity contribution in [1.29, 1.82) is 5.26 Å². The lowest BCUT2D eigenvalue weighted by Crippen LogP contribution is -1.97. The standard InChI is InChI=1S/C23H14Cl2FNO3/c24-20-10-15(8-18(12-27)16-4-6-17(7-5-16)23(28)29)11-21(25)22(20)30-13-14-2-1-3-19(26)9-14/h1-11H,13H2,(H,28,29). The summed E-state index contributed by atoms with van der Waals surface area (Å²) in [5.41, 5.74) is 2.19. The van der Waals surface area contributed by atoms with Crippen molar-refractivity contribution in [3.63, 3.8) is 0 Å². The number of halogens is 3. The SMILES string of the molecule is N#CC(=Cc1cc(Cl)c(OCc2cccc(F)c2)c(Cl)c1)c1ccc(C(=O)O)cc1. The van der Waals surface area contributed by atoms with Gasteiger partial charge in [-0.2, -0.15) is 5.26 Å². The number of carbonyl (C=O) groups is 1. The molecular weight excluding hydrogens is 428 g/mol. The summed E-state index contributed by atoms with van der Waals surface area (Å²) in [5, 5.41) is 19.0. The molecule has 0 aliphatic carbocycles. The quantitative estimate of drug-likeness (QED) is 0.351. The molecular formula is C23H14Cl2FNO3. The van der Waals surface area contributed by atoms with Crippen LogP contribution in [-0.2, 0) is 6.61 Å². The molecule has 1 N–H and O–H groups in total. The molecule has 7 heteroatoms. The minimum Gasteiger partial charge on any atom is -0.486 e. The third-order valence-electron chi connectivity index (χ3n) is 4.17. The monoisotopic (exact) mass is 441 g/mol. The van der Waals surface area contributed by atoms with Gasteiger partial charge in [-0.25, -0.2) is 9.18 Å². The van der Waals surface area contributed by atoms with Crippen LogP contribution in [0.1, 0.15) is 27.0 Å². The second-order valence-corrected chi connectivity index (χ2v) is 7.10. The van der Waals surface area contributed by atoms with Gasteiger partial charge in [-0.3, -0.25) is 0 Å². The Bertz CT molecular complexity index is 1140. The van der Waals surface area contributed by atoms with E-state index in [1.807, 2.05) is 0 Å². The van der Waals surface area contributed by atoms with Gasteiger partial charge in [0.1, 0.15) is 12.4 Å². The molecule has 0 bridgehead atoms. The Hall–Kier alpha value is -3.33. The third kappa shape index (κ3) is 5.18. The normalized spacial score (nSPS) is 11.1. The number of carboxylic acid groups (broad SMARTS) is 1. The molecule has 0 saturated carbocycles. The Morgan fingerprint density at radius 2 is 1.70 bits per heavy atom. The Balaban J connectivity index is 1.84. The van der Waals surface area contributed by atoms with Gasteiger partial charge < -0.3 is 9.84 Å². The van der Waals surface area contributed by atoms with Gasteiger partial charge in [0.15, 0.2) is 5.75 Å². The zero-order valence-corrected chi connectivity index (χ0v) is 16.9. The van der Waals surface area contributed by atoms with E-state index < -0.39 is 5.97 Å². The zero-order valence-electron chi connectivity index (χ0n) is 15.4. The molecule has 0 atom stereocenters. The van der Waals surface area contributed by atoms with E-state index in [1.54, 1.807) is 42.5 Å². The maximum atomic E-state index is 13.3. The van der Waals surface area contributed by atoms with Crippen LogP contribution in [0, 0.1) is 17.1 Å². The number of nitriles is 1. The maximum Gasteiger partial charge on any atom is 0.335 e. The van der Waals surface area contributed by atoms with Crippen molar-refractivity contribution in [3.8, 4) is 11.8 Å². The number of carboxylic acids is 1. The molecule has 0 fully saturated rings. The minimum atomic E-state index is -1.04. The van der Waals surface area contributed by atoms with Crippen molar-refractivity contribution in [2.75, 3.05) is 0 Å². The summed E-state index contributed by atoms with van der Waals surface area (Å²) < 4.78 is 18.9. The number of nitrogens with zero attached hydrogens (tertiary/aromatic N) is 1. The Morgan fingerprint density at radius 3 is 2.27 bits per heavy atom. The zero-order chi connectivity index (χ0) is 21.7. The highest BCUT2D eigenvalue weighted by Crippen LogP contribution is 2.36. The van der Waals surface area contributed by atoms with Crippen LogP contribution in [0.25, 0.3) is 11.6 Å². The van der Waals surface area contributed by atoms with E-state index in [-0.39, 0.29) is 33.8 Å². The largest absolute Gasteiger partial charge is 0.486 e. The average molecular weight is 442 g/mol. The molecule has 0 radical (unpaired) electrons. The van der Waals surface area contributed by atoms with E-state index in [4.69, 9.17) is 33.0 Å². The van der Waals surface area contributed by atoms with Crippen molar-refractivity contribution in [1.82, 2.24) is 0 Å². The Kier molecular flexibility index (Phi) is 6.73. The van der Waals surface area contributed by atoms with Crippen LogP contribution in [0.5, 0.6) is 5.75 Å². The molecule has 4 nitrogen and oxygen atoms in total. The van der Waals surface area contributed by atoms with Crippen LogP contribution in [0.2, 0.25) is 10.0 Å². The second kappa shape index (κ2) is 9.45. The number of aromatic carboxylic acids is 1. The van der Waals surface area contributed by atoms with E-state index in [2.05, 4.69) is 6.07 Å². The number of allylic oxidation sites excluding steroid dienone is 1. The van der Waals surface area contributed by atoms with E-state index in [0.717, 1.165) is 0 Å². The molecule has 0 heterocycles. The highest BCUT2D eigenvalue weighted by molar-refractivity contribution is 6.37. The van der Waals surface area contributed by atoms with Gasteiger partial charge in [0.25, 0.3) is 0 Å². The number of hydrogen-bond donors (Lipinski definition) is 1. The summed E-state index contributed by atoms with van der Waals surface area (Å²) in [6, 6.07) is 17.2. The summed E-state index contributed by atoms with van der Waals surface area (Å²) >= 11 is 12.6. The molecule has 3 aromatic rings. The smallest absolute Gasteiger partial charge is 0.335 e. The first-order chi connectivity index (χ1) is 14.4. The maximum absolute atomic E-state index is 13.3. The number of rotatable bonds is 6. The van der Waals surface area contributed by atoms with Crippen LogP contribution in [0.3, 0.4) is 0 Å². The van der Waals surface area contributed by atoms with Gasteiger partial charge in [0, 0.05) is 0 Å². The molecule has 30 heavy (non-hydrogen) atoms. The van der Waals surface area contributed by atoms with Crippen LogP contribution >= 0.6 is 23.2 Å². The fourth-order valence-electron chi connectivity index (χ4n) is 2.72. The Labute approximate surface area is 182 Å². The molecule has 0 spiro atoms. The predicted molar refractivity (Wildman–Crippen MR) is 114 cm³/mol. The molecule has 0 saturated heterocycles. The molecule has 3 aromatic carbocycles. The minimum absolute atomic E-state index is 0.0890. The summed E-state index contributed by atoms with van der Waals surface area (Å²) in [6.45, 7) is 0.0890. The summed E-state index contributed by atoms with van der Waals surface area (Å²) in [6.07, 6.45) is 1.59. The lowest BCUT2D eigenvalue weighted by molar-refractivity contribution is 0.0697. The van der Waals surface area contributed by atoms with Crippen molar-refractivity contribution in [3.05, 3.63) is 98.8 Å². The lowest BCUT2D eigenvalue weighted by atomic mass is 10.0. The topological polar surface area (TPSA) is 70.3 Å². The van der Waals surface area contributed by atoms with Gasteiger partial charge in [0.05, 0.1) is 27.3 Å². The second-order valence-electron chi connectivity index (χ2n) is 6.28. The fourth-order valence-corrected chi connectivity index (χ4v) is 3.34. The van der Waals surface area contributed by atoms with Gasteiger partial charge in [-0.1, -0.05) is 47.5 Å². The van der Waals surface area contributed by atoms with Gasteiger partial charge in [-0.15, -0.1) is 0 Å². The first kappa shape index (κ1) is 21.4. The van der Waals surface area contributed by atoms with Crippen molar-refractivity contribution >= 4 is 40.8 Å². The van der Waals surface area contributed by atoms with E-state index in [0.29, 0.717) is 22.3 Å². The lowest BCUT2D eigenvalue weighted by Gasteiger charge is -2.11. The third-order valence-corrected chi connectivity index (χ3v) is 4.73. The number of ether oxygens (including phenoxy) is 1. The number of hydrogen-bond acceptors (Lipinski definition) is 3. The number of benzene rings is 3. The first-order valence-corrected chi connectivity index (χ1v) is 9.45. The van der Waals surface area contributed by atoms with Crippen LogP contribution in [0.4, 0.5) is 4.39 Å². The van der Waals surface area contributed by atoms with Crippen LogP contribution < -0.4 is 4.74 Å². The highest BCUT2D eigenvalue weighted by atomic mass is 35.5. The summed E-state index contributed by atoms with van der Waals surface area (Å²) in [5.74, 6) is -1.16. The van der Waals surface area contributed by atoms with Crippen molar-refractivity contribution in [2.45, 2.75) is 6.61 Å². The molecule has 0 aliphatic heterocycles. The van der Waals surface area contributed by atoms with E-state index in [9.17, 15) is 14.4 Å². The molecule has 3 rings (SSSR count). The summed E-state index contributed by atoms with van der Waals surface area (Å²) in [4.78, 5) is 11.0. The highest BCUT2D eigenvalue weighted by Gasteiger charge is 2.11. The van der Waals surface area contributed by atoms with Crippen LogP contribution in [0.15, 0.2) is 60.7 Å². The van der Waals surface area contributed by atoms with Crippen molar-refractivity contribution in [2.24, 2.45) is 0 Å². The average Bonchev–Trinajstić information content (AvgIpc) is 2.71. The molecule has 0 unspecified atom stereocenters. The molecule has 0 amide bonds. The van der Waals surface area contributed by atoms with Gasteiger partial charge in [-0.05, 0) is 59.2 Å². The predicted octanol–water partition coefficient (Wildman–Crippen LogP) is 6.47. The summed E-state index contributed by atoms with van der Waals surface area (Å²) in [7, 11) is 0. The fraction of sp³-hybridized carbons (Fsp3) is 0.0435.